The number of carbonyl (C=O) groups is 3. The summed E-state index contributed by atoms with van der Waals surface area (Å²) in [7, 11) is 0. The molecular formula is C12H22N4O3. The van der Waals surface area contributed by atoms with Crippen molar-refractivity contribution in [2.24, 2.45) is 5.92 Å². The summed E-state index contributed by atoms with van der Waals surface area (Å²) in [5.41, 5.74) is 0. The van der Waals surface area contributed by atoms with Crippen molar-refractivity contribution in [3.05, 3.63) is 0 Å². The molecule has 0 aromatic heterocycles. The van der Waals surface area contributed by atoms with Crippen LogP contribution in [-0.4, -0.2) is 43.5 Å². The Balaban J connectivity index is 2.08. The van der Waals surface area contributed by atoms with E-state index in [1.165, 1.54) is 0 Å². The summed E-state index contributed by atoms with van der Waals surface area (Å²) in [5, 5.41) is 10.4. The summed E-state index contributed by atoms with van der Waals surface area (Å²) in [4.78, 5) is 34.0. The molecular weight excluding hydrogens is 248 g/mol. The van der Waals surface area contributed by atoms with E-state index in [1.54, 1.807) is 13.8 Å². The van der Waals surface area contributed by atoms with Crippen LogP contribution in [0.15, 0.2) is 0 Å². The van der Waals surface area contributed by atoms with Crippen LogP contribution >= 0.6 is 0 Å². The quantitative estimate of drug-likeness (QED) is 0.461. The van der Waals surface area contributed by atoms with Gasteiger partial charge in [-0.25, -0.2) is 4.79 Å². The van der Waals surface area contributed by atoms with Gasteiger partial charge in [-0.1, -0.05) is 0 Å². The molecule has 1 aliphatic rings. The normalized spacial score (nSPS) is 15.5. The van der Waals surface area contributed by atoms with Gasteiger partial charge in [-0.2, -0.15) is 0 Å². The minimum atomic E-state index is -0.497. The van der Waals surface area contributed by atoms with Gasteiger partial charge in [-0.05, 0) is 26.7 Å². The fourth-order valence-electron chi connectivity index (χ4n) is 1.48. The molecule has 7 heteroatoms. The molecule has 0 spiro atoms. The third-order valence-electron chi connectivity index (χ3n) is 2.79. The molecule has 1 rings (SSSR count). The van der Waals surface area contributed by atoms with E-state index in [4.69, 9.17) is 0 Å². The Bertz CT molecular complexity index is 342. The summed E-state index contributed by atoms with van der Waals surface area (Å²) in [5.74, 6) is -0.112. The van der Waals surface area contributed by atoms with E-state index in [2.05, 4.69) is 21.3 Å². The second kappa shape index (κ2) is 7.73. The maximum absolute atomic E-state index is 11.6. The molecule has 4 amide bonds. The zero-order chi connectivity index (χ0) is 14.3. The lowest BCUT2D eigenvalue weighted by Crippen LogP contribution is -2.49. The molecule has 4 N–H and O–H groups in total. The number of rotatable bonds is 7. The molecule has 0 heterocycles. The van der Waals surface area contributed by atoms with Crippen molar-refractivity contribution in [3.63, 3.8) is 0 Å². The van der Waals surface area contributed by atoms with Crippen LogP contribution in [0.1, 0.15) is 26.7 Å². The molecule has 1 aliphatic carbocycles. The molecule has 0 bridgehead atoms. The Morgan fingerprint density at radius 3 is 2.42 bits per heavy atom. The number of nitrogens with one attached hydrogen (secondary N) is 4. The maximum Gasteiger partial charge on any atom is 0.321 e. The summed E-state index contributed by atoms with van der Waals surface area (Å²) in [6, 6.07) is -0.983. The average Bonchev–Trinajstić information content (AvgIpc) is 3.18. The highest BCUT2D eigenvalue weighted by Crippen LogP contribution is 2.28. The first kappa shape index (κ1) is 15.4. The summed E-state index contributed by atoms with van der Waals surface area (Å²) < 4.78 is 0. The highest BCUT2D eigenvalue weighted by atomic mass is 16.2. The van der Waals surface area contributed by atoms with Crippen molar-refractivity contribution < 1.29 is 14.4 Å². The minimum absolute atomic E-state index is 0.0845. The molecule has 0 aromatic carbocycles. The molecule has 1 atom stereocenters. The van der Waals surface area contributed by atoms with Crippen molar-refractivity contribution in [1.29, 1.82) is 0 Å². The van der Waals surface area contributed by atoms with E-state index in [0.29, 0.717) is 19.6 Å². The van der Waals surface area contributed by atoms with Crippen LogP contribution in [0, 0.1) is 5.92 Å². The summed E-state index contributed by atoms with van der Waals surface area (Å²) in [6.45, 7) is 4.87. The lowest BCUT2D eigenvalue weighted by molar-refractivity contribution is -0.122. The van der Waals surface area contributed by atoms with E-state index in [-0.39, 0.29) is 17.7 Å². The smallest absolute Gasteiger partial charge is 0.321 e. The first-order valence-corrected chi connectivity index (χ1v) is 6.64. The number of hydrogen-bond acceptors (Lipinski definition) is 4. The molecule has 1 fully saturated rings. The first-order chi connectivity index (χ1) is 9.04. The zero-order valence-electron chi connectivity index (χ0n) is 11.4. The second-order valence-corrected chi connectivity index (χ2v) is 4.59. The van der Waals surface area contributed by atoms with Crippen LogP contribution in [0.3, 0.4) is 0 Å². The SMILES string of the molecule is CCNC(=O)NC(=O)C(C)NCCNC(=O)C1CC1. The maximum atomic E-state index is 11.6. The molecule has 0 aliphatic heterocycles. The monoisotopic (exact) mass is 270 g/mol. The van der Waals surface area contributed by atoms with Gasteiger partial charge < -0.3 is 16.0 Å². The van der Waals surface area contributed by atoms with Gasteiger partial charge in [0.2, 0.25) is 11.8 Å². The van der Waals surface area contributed by atoms with Crippen molar-refractivity contribution in [3.8, 4) is 0 Å². The fourth-order valence-corrected chi connectivity index (χ4v) is 1.48. The Morgan fingerprint density at radius 1 is 1.16 bits per heavy atom. The molecule has 0 aromatic rings. The van der Waals surface area contributed by atoms with Crippen molar-refractivity contribution in [1.82, 2.24) is 21.3 Å². The second-order valence-electron chi connectivity index (χ2n) is 4.59. The Hall–Kier alpha value is -1.63. The van der Waals surface area contributed by atoms with Crippen molar-refractivity contribution in [2.75, 3.05) is 19.6 Å². The van der Waals surface area contributed by atoms with Crippen LogP contribution in [-0.2, 0) is 9.59 Å². The lowest BCUT2D eigenvalue weighted by atomic mass is 10.3. The van der Waals surface area contributed by atoms with Gasteiger partial charge in [0.25, 0.3) is 0 Å². The Kier molecular flexibility index (Phi) is 6.27. The Labute approximate surface area is 112 Å². The standard InChI is InChI=1S/C12H22N4O3/c1-3-13-12(19)16-10(17)8(2)14-6-7-15-11(18)9-4-5-9/h8-9,14H,3-7H2,1-2H3,(H,15,18)(H2,13,16,17,19). The van der Waals surface area contributed by atoms with Gasteiger partial charge >= 0.3 is 6.03 Å². The van der Waals surface area contributed by atoms with Gasteiger partial charge in [0.15, 0.2) is 0 Å². The van der Waals surface area contributed by atoms with Gasteiger partial charge in [-0.15, -0.1) is 0 Å². The third kappa shape index (κ3) is 6.19. The molecule has 1 unspecified atom stereocenters. The minimum Gasteiger partial charge on any atom is -0.355 e. The molecule has 0 radical (unpaired) electrons. The van der Waals surface area contributed by atoms with Crippen molar-refractivity contribution in [2.45, 2.75) is 32.7 Å². The van der Waals surface area contributed by atoms with Crippen LogP contribution in [0.25, 0.3) is 0 Å². The molecule has 108 valence electrons. The van der Waals surface area contributed by atoms with Gasteiger partial charge in [0.05, 0.1) is 6.04 Å². The number of hydrogen-bond donors (Lipinski definition) is 4. The molecule has 1 saturated carbocycles. The topological polar surface area (TPSA) is 99.3 Å². The zero-order valence-corrected chi connectivity index (χ0v) is 11.4. The van der Waals surface area contributed by atoms with Crippen molar-refractivity contribution >= 4 is 17.8 Å². The highest BCUT2D eigenvalue weighted by molar-refractivity contribution is 5.96. The van der Waals surface area contributed by atoms with Gasteiger partial charge in [0.1, 0.15) is 0 Å². The summed E-state index contributed by atoms with van der Waals surface area (Å²) >= 11 is 0. The number of urea groups is 1. The molecule has 19 heavy (non-hydrogen) atoms. The van der Waals surface area contributed by atoms with Crippen LogP contribution < -0.4 is 21.3 Å². The lowest BCUT2D eigenvalue weighted by Gasteiger charge is -2.13. The predicted molar refractivity (Wildman–Crippen MR) is 70.4 cm³/mol. The van der Waals surface area contributed by atoms with Gasteiger partial charge in [-0.3, -0.25) is 14.9 Å². The van der Waals surface area contributed by atoms with E-state index in [1.807, 2.05) is 0 Å². The third-order valence-corrected chi connectivity index (χ3v) is 2.79. The first-order valence-electron chi connectivity index (χ1n) is 6.64. The van der Waals surface area contributed by atoms with Gasteiger partial charge in [0, 0.05) is 25.6 Å². The van der Waals surface area contributed by atoms with E-state index >= 15 is 0 Å². The van der Waals surface area contributed by atoms with E-state index in [9.17, 15) is 14.4 Å². The number of carbonyl (C=O) groups excluding carboxylic acids is 3. The average molecular weight is 270 g/mol. The predicted octanol–water partition coefficient (Wildman–Crippen LogP) is -0.664. The van der Waals surface area contributed by atoms with Crippen LogP contribution in [0.2, 0.25) is 0 Å². The van der Waals surface area contributed by atoms with E-state index in [0.717, 1.165) is 12.8 Å². The van der Waals surface area contributed by atoms with E-state index < -0.39 is 12.1 Å². The Morgan fingerprint density at radius 2 is 1.84 bits per heavy atom. The molecule has 7 nitrogen and oxygen atoms in total. The highest BCUT2D eigenvalue weighted by Gasteiger charge is 2.29. The largest absolute Gasteiger partial charge is 0.355 e. The van der Waals surface area contributed by atoms with Crippen LogP contribution in [0.4, 0.5) is 4.79 Å². The number of amides is 4. The fraction of sp³-hybridized carbons (Fsp3) is 0.750. The molecule has 0 saturated heterocycles. The van der Waals surface area contributed by atoms with Crippen LogP contribution in [0.5, 0.6) is 0 Å². The summed E-state index contributed by atoms with van der Waals surface area (Å²) in [6.07, 6.45) is 1.95. The number of imide groups is 1.